The summed E-state index contributed by atoms with van der Waals surface area (Å²) in [6, 6.07) is 4.47. The number of rotatable bonds is 2. The number of benzene rings is 1. The first kappa shape index (κ1) is 15.2. The number of hydrogen-bond acceptors (Lipinski definition) is 7. The van der Waals surface area contributed by atoms with Crippen LogP contribution in [0.5, 0.6) is 5.75 Å². The van der Waals surface area contributed by atoms with Crippen LogP contribution in [0.4, 0.5) is 0 Å². The number of ketones is 1. The van der Waals surface area contributed by atoms with Crippen LogP contribution in [-0.2, 0) is 19.0 Å². The highest BCUT2D eigenvalue weighted by molar-refractivity contribution is 6.14. The first-order valence-corrected chi connectivity index (χ1v) is 7.62. The van der Waals surface area contributed by atoms with Crippen molar-refractivity contribution in [2.24, 2.45) is 0 Å². The third kappa shape index (κ3) is 1.73. The van der Waals surface area contributed by atoms with E-state index < -0.39 is 29.9 Å². The van der Waals surface area contributed by atoms with Crippen LogP contribution in [0.1, 0.15) is 29.3 Å². The minimum atomic E-state index is -1.32. The molecule has 24 heavy (non-hydrogen) atoms. The van der Waals surface area contributed by atoms with Crippen molar-refractivity contribution in [3.63, 3.8) is 0 Å². The molecule has 126 valence electrons. The topological polar surface area (TPSA) is 106 Å². The minimum Gasteiger partial charge on any atom is -0.507 e. The highest BCUT2D eigenvalue weighted by Gasteiger charge is 2.74. The Morgan fingerprint density at radius 1 is 1.38 bits per heavy atom. The van der Waals surface area contributed by atoms with Crippen molar-refractivity contribution < 1.29 is 34.0 Å². The molecule has 3 aliphatic rings. The Kier molecular flexibility index (Phi) is 3.04. The van der Waals surface area contributed by atoms with Crippen molar-refractivity contribution in [2.45, 2.75) is 37.3 Å². The van der Waals surface area contributed by atoms with Crippen LogP contribution in [0.3, 0.4) is 0 Å². The van der Waals surface area contributed by atoms with Crippen molar-refractivity contribution in [1.29, 1.82) is 0 Å². The highest BCUT2D eigenvalue weighted by Crippen LogP contribution is 2.58. The van der Waals surface area contributed by atoms with E-state index in [1.807, 2.05) is 0 Å². The van der Waals surface area contributed by atoms with Gasteiger partial charge in [-0.15, -0.1) is 0 Å². The van der Waals surface area contributed by atoms with Gasteiger partial charge < -0.3 is 24.4 Å². The zero-order valence-corrected chi connectivity index (χ0v) is 13.1. The molecular formula is C17H16O7. The largest absolute Gasteiger partial charge is 0.507 e. The van der Waals surface area contributed by atoms with Crippen molar-refractivity contribution in [3.05, 3.63) is 34.9 Å². The zero-order chi connectivity index (χ0) is 17.2. The molecule has 1 aromatic carbocycles. The number of hydrogen-bond donors (Lipinski definition) is 2. The molecule has 0 aromatic heterocycles. The Labute approximate surface area is 137 Å². The number of phenols is 1. The van der Waals surface area contributed by atoms with Gasteiger partial charge in [0.1, 0.15) is 17.6 Å². The van der Waals surface area contributed by atoms with Crippen molar-refractivity contribution in [1.82, 2.24) is 0 Å². The maximum atomic E-state index is 13.0. The predicted octanol–water partition coefficient (Wildman–Crippen LogP) is 1.35. The lowest BCUT2D eigenvalue weighted by atomic mass is 9.74. The van der Waals surface area contributed by atoms with Crippen molar-refractivity contribution in [2.75, 3.05) is 7.11 Å². The number of phenolic OH excluding ortho intramolecular Hbond substituents is 1. The Morgan fingerprint density at radius 3 is 2.83 bits per heavy atom. The first-order chi connectivity index (χ1) is 11.4. The fraction of sp³-hybridized carbons (Fsp3) is 0.412. The van der Waals surface area contributed by atoms with E-state index in [4.69, 9.17) is 9.47 Å². The molecule has 1 aliphatic carbocycles. The SMILES string of the molecule is COC(=O)C[C@@H]1O[C@H](C)C2=C(O)c3c(O)cccc3C(=O)[C@]23O[C@@H]13. The number of epoxide rings is 1. The Hall–Kier alpha value is -2.38. The molecular weight excluding hydrogens is 316 g/mol. The van der Waals surface area contributed by atoms with Gasteiger partial charge in [-0.25, -0.2) is 0 Å². The zero-order valence-electron chi connectivity index (χ0n) is 13.1. The summed E-state index contributed by atoms with van der Waals surface area (Å²) < 4.78 is 16.1. The average Bonchev–Trinajstić information content (AvgIpc) is 3.28. The maximum Gasteiger partial charge on any atom is 0.308 e. The second-order valence-electron chi connectivity index (χ2n) is 6.16. The molecule has 2 fully saturated rings. The van der Waals surface area contributed by atoms with E-state index in [0.717, 1.165) is 0 Å². The molecule has 0 saturated carbocycles. The summed E-state index contributed by atoms with van der Waals surface area (Å²) >= 11 is 0. The van der Waals surface area contributed by atoms with E-state index in [2.05, 4.69) is 4.74 Å². The van der Waals surface area contributed by atoms with Crippen LogP contribution in [0.15, 0.2) is 23.8 Å². The molecule has 7 heteroatoms. The number of aliphatic hydroxyl groups is 1. The second-order valence-corrected chi connectivity index (χ2v) is 6.16. The Balaban J connectivity index is 1.82. The number of fused-ring (bicyclic) bond motifs is 1. The highest BCUT2D eigenvalue weighted by atomic mass is 16.7. The number of Topliss-reactive ketones (excluding diaryl/α,β-unsaturated/α-hetero) is 1. The molecule has 0 bridgehead atoms. The number of aromatic hydroxyl groups is 1. The first-order valence-electron chi connectivity index (χ1n) is 7.62. The van der Waals surface area contributed by atoms with Gasteiger partial charge in [0.15, 0.2) is 5.60 Å². The normalized spacial score (nSPS) is 33.4. The Morgan fingerprint density at radius 2 is 2.12 bits per heavy atom. The average molecular weight is 332 g/mol. The van der Waals surface area contributed by atoms with Crippen LogP contribution in [-0.4, -0.2) is 53.0 Å². The van der Waals surface area contributed by atoms with Crippen molar-refractivity contribution in [3.8, 4) is 5.75 Å². The molecule has 7 nitrogen and oxygen atoms in total. The van der Waals surface area contributed by atoms with Gasteiger partial charge >= 0.3 is 5.97 Å². The fourth-order valence-electron chi connectivity index (χ4n) is 3.81. The molecule has 2 N–H and O–H groups in total. The third-order valence-electron chi connectivity index (χ3n) is 4.89. The molecule has 0 unspecified atom stereocenters. The quantitative estimate of drug-likeness (QED) is 0.622. The number of aliphatic hydroxyl groups excluding tert-OH is 1. The van der Waals surface area contributed by atoms with E-state index >= 15 is 0 Å². The lowest BCUT2D eigenvalue weighted by molar-refractivity contribution is -0.145. The summed E-state index contributed by atoms with van der Waals surface area (Å²) in [5.41, 5.74) is -0.724. The van der Waals surface area contributed by atoms with E-state index in [1.165, 1.54) is 25.3 Å². The summed E-state index contributed by atoms with van der Waals surface area (Å²) in [5, 5.41) is 20.7. The van der Waals surface area contributed by atoms with Gasteiger partial charge in [-0.3, -0.25) is 9.59 Å². The van der Waals surface area contributed by atoms with Crippen LogP contribution < -0.4 is 0 Å². The number of esters is 1. The minimum absolute atomic E-state index is 0.0402. The number of methoxy groups -OCH3 is 1. The van der Waals surface area contributed by atoms with Gasteiger partial charge in [0.2, 0.25) is 5.78 Å². The third-order valence-corrected chi connectivity index (χ3v) is 4.89. The standard InChI is InChI=1S/C17H16O7/c1-7-13-14(20)12-8(4-3-5-9(12)18)15(21)17(13)16(24-17)10(23-7)6-11(19)22-2/h3-5,7,10,16,18,20H,6H2,1-2H3/t7-,10+,16+,17-/m1/s1. The molecule has 2 aliphatic heterocycles. The predicted molar refractivity (Wildman–Crippen MR) is 80.6 cm³/mol. The van der Waals surface area contributed by atoms with Crippen LogP contribution in [0.25, 0.3) is 5.76 Å². The van der Waals surface area contributed by atoms with Gasteiger partial charge in [-0.2, -0.15) is 0 Å². The molecule has 2 saturated heterocycles. The van der Waals surface area contributed by atoms with Crippen LogP contribution >= 0.6 is 0 Å². The lowest BCUT2D eigenvalue weighted by Crippen LogP contribution is -2.48. The van der Waals surface area contributed by atoms with E-state index in [9.17, 15) is 19.8 Å². The van der Waals surface area contributed by atoms with Crippen molar-refractivity contribution >= 4 is 17.5 Å². The smallest absolute Gasteiger partial charge is 0.308 e. The lowest BCUT2D eigenvalue weighted by Gasteiger charge is -2.35. The molecule has 0 radical (unpaired) electrons. The molecule has 4 rings (SSSR count). The molecule has 1 aromatic rings. The van der Waals surface area contributed by atoms with Gasteiger partial charge in [0, 0.05) is 11.1 Å². The molecule has 4 atom stereocenters. The maximum absolute atomic E-state index is 13.0. The number of carbonyl (C=O) groups is 2. The van der Waals surface area contributed by atoms with Gasteiger partial charge in [-0.1, -0.05) is 12.1 Å². The summed E-state index contributed by atoms with van der Waals surface area (Å²) in [6.45, 7) is 1.67. The second kappa shape index (κ2) is 4.81. The van der Waals surface area contributed by atoms with Gasteiger partial charge in [0.25, 0.3) is 0 Å². The molecule has 1 spiro atoms. The molecule has 0 amide bonds. The van der Waals surface area contributed by atoms with E-state index in [0.29, 0.717) is 5.57 Å². The monoisotopic (exact) mass is 332 g/mol. The summed E-state index contributed by atoms with van der Waals surface area (Å²) in [4.78, 5) is 24.6. The van der Waals surface area contributed by atoms with Crippen LogP contribution in [0, 0.1) is 0 Å². The Bertz CT molecular complexity index is 796. The van der Waals surface area contributed by atoms with Gasteiger partial charge in [0.05, 0.1) is 31.3 Å². The number of carbonyl (C=O) groups excluding carboxylic acids is 2. The van der Waals surface area contributed by atoms with E-state index in [1.54, 1.807) is 6.92 Å². The van der Waals surface area contributed by atoms with Crippen LogP contribution in [0.2, 0.25) is 0 Å². The summed E-state index contributed by atoms with van der Waals surface area (Å²) in [5.74, 6) is -1.18. The van der Waals surface area contributed by atoms with E-state index in [-0.39, 0.29) is 34.8 Å². The summed E-state index contributed by atoms with van der Waals surface area (Å²) in [7, 11) is 1.28. The molecule has 2 heterocycles. The fourth-order valence-corrected chi connectivity index (χ4v) is 3.81. The van der Waals surface area contributed by atoms with Gasteiger partial charge in [-0.05, 0) is 13.0 Å². The number of ether oxygens (including phenoxy) is 3. The summed E-state index contributed by atoms with van der Waals surface area (Å²) in [6.07, 6.45) is -1.98.